The zero-order valence-corrected chi connectivity index (χ0v) is 21.1. The number of benzene rings is 3. The van der Waals surface area contributed by atoms with Crippen LogP contribution in [0, 0.1) is 5.82 Å². The number of carbonyl (C=O) groups excluding carboxylic acids is 2. The minimum atomic E-state index is -4.29. The fourth-order valence-electron chi connectivity index (χ4n) is 3.95. The number of para-hydroxylation sites is 1. The van der Waals surface area contributed by atoms with Crippen molar-refractivity contribution in [2.45, 2.75) is 30.7 Å². The quantitative estimate of drug-likeness (QED) is 0.426. The van der Waals surface area contributed by atoms with Crippen LogP contribution >= 0.6 is 0 Å². The summed E-state index contributed by atoms with van der Waals surface area (Å²) in [6.45, 7) is 1.30. The lowest BCUT2D eigenvalue weighted by Gasteiger charge is -2.33. The van der Waals surface area contributed by atoms with Crippen LogP contribution in [0.2, 0.25) is 0 Å². The molecule has 0 aromatic heterocycles. The zero-order valence-electron chi connectivity index (χ0n) is 20.3. The van der Waals surface area contributed by atoms with Crippen molar-refractivity contribution in [2.24, 2.45) is 0 Å². The van der Waals surface area contributed by atoms with Crippen molar-refractivity contribution in [3.05, 3.63) is 96.3 Å². The van der Waals surface area contributed by atoms with Crippen LogP contribution < -0.4 is 9.62 Å². The van der Waals surface area contributed by atoms with Crippen molar-refractivity contribution >= 4 is 27.5 Å². The van der Waals surface area contributed by atoms with Gasteiger partial charge in [0.15, 0.2) is 0 Å². The van der Waals surface area contributed by atoms with E-state index in [-0.39, 0.29) is 23.0 Å². The molecule has 0 saturated carbocycles. The van der Waals surface area contributed by atoms with Crippen molar-refractivity contribution in [3.63, 3.8) is 0 Å². The Balaban J connectivity index is 2.00. The minimum absolute atomic E-state index is 0.0739. The number of amides is 2. The molecule has 0 aliphatic rings. The minimum Gasteiger partial charge on any atom is -0.357 e. The normalized spacial score (nSPS) is 12.0. The third-order valence-corrected chi connectivity index (χ3v) is 7.62. The number of sulfonamides is 1. The van der Waals surface area contributed by atoms with Crippen molar-refractivity contribution in [1.82, 2.24) is 10.2 Å². The van der Waals surface area contributed by atoms with Crippen LogP contribution in [0.3, 0.4) is 0 Å². The number of halogens is 1. The van der Waals surface area contributed by atoms with Gasteiger partial charge in [-0.2, -0.15) is 0 Å². The van der Waals surface area contributed by atoms with E-state index in [2.05, 4.69) is 5.32 Å². The van der Waals surface area contributed by atoms with Crippen LogP contribution in [0.4, 0.5) is 10.1 Å². The van der Waals surface area contributed by atoms with E-state index in [0.29, 0.717) is 12.8 Å². The second-order valence-electron chi connectivity index (χ2n) is 8.14. The highest BCUT2D eigenvalue weighted by Gasteiger charge is 2.34. The van der Waals surface area contributed by atoms with Gasteiger partial charge in [0.1, 0.15) is 18.4 Å². The van der Waals surface area contributed by atoms with Crippen molar-refractivity contribution in [2.75, 3.05) is 24.4 Å². The average molecular weight is 512 g/mol. The number of likely N-dealkylation sites (N-methyl/N-ethyl adjacent to an activating group) is 1. The standard InChI is InChI=1S/C27H30FN3O4S/c1-3-24(27(33)29-2)30(19-18-21-12-6-4-7-13-21)26(32)20-31(25-17-11-10-16-23(25)28)36(34,35)22-14-8-5-9-15-22/h4-17,24H,3,18-20H2,1-2H3,(H,29,33). The molecule has 1 N–H and O–H groups in total. The molecular weight excluding hydrogens is 481 g/mol. The van der Waals surface area contributed by atoms with Crippen molar-refractivity contribution < 1.29 is 22.4 Å². The number of hydrogen-bond donors (Lipinski definition) is 1. The average Bonchev–Trinajstić information content (AvgIpc) is 2.90. The molecule has 190 valence electrons. The van der Waals surface area contributed by atoms with Gasteiger partial charge in [-0.15, -0.1) is 0 Å². The number of rotatable bonds is 11. The lowest BCUT2D eigenvalue weighted by Crippen LogP contribution is -2.52. The van der Waals surface area contributed by atoms with Gasteiger partial charge < -0.3 is 10.2 Å². The smallest absolute Gasteiger partial charge is 0.264 e. The van der Waals surface area contributed by atoms with E-state index in [1.165, 1.54) is 42.3 Å². The van der Waals surface area contributed by atoms with Gasteiger partial charge in [0, 0.05) is 13.6 Å². The van der Waals surface area contributed by atoms with E-state index < -0.39 is 34.3 Å². The summed E-state index contributed by atoms with van der Waals surface area (Å²) in [7, 11) is -2.80. The van der Waals surface area contributed by atoms with E-state index in [4.69, 9.17) is 0 Å². The summed E-state index contributed by atoms with van der Waals surface area (Å²) in [6, 6.07) is 21.6. The van der Waals surface area contributed by atoms with Gasteiger partial charge in [-0.3, -0.25) is 13.9 Å². The predicted octanol–water partition coefficient (Wildman–Crippen LogP) is 3.62. The molecule has 3 aromatic carbocycles. The maximum Gasteiger partial charge on any atom is 0.264 e. The molecule has 3 rings (SSSR count). The Bertz CT molecular complexity index is 1270. The van der Waals surface area contributed by atoms with E-state index in [9.17, 15) is 22.4 Å². The maximum absolute atomic E-state index is 14.8. The first kappa shape index (κ1) is 26.9. The molecule has 3 aromatic rings. The zero-order chi connectivity index (χ0) is 26.1. The lowest BCUT2D eigenvalue weighted by molar-refractivity contribution is -0.139. The van der Waals surface area contributed by atoms with E-state index in [1.807, 2.05) is 30.3 Å². The highest BCUT2D eigenvalue weighted by Crippen LogP contribution is 2.26. The Hall–Kier alpha value is -3.72. The van der Waals surface area contributed by atoms with Gasteiger partial charge >= 0.3 is 0 Å². The molecule has 36 heavy (non-hydrogen) atoms. The maximum atomic E-state index is 14.8. The molecule has 9 heteroatoms. The molecular formula is C27H30FN3O4S. The highest BCUT2D eigenvalue weighted by molar-refractivity contribution is 7.92. The van der Waals surface area contributed by atoms with Gasteiger partial charge in [-0.25, -0.2) is 12.8 Å². The summed E-state index contributed by atoms with van der Waals surface area (Å²) >= 11 is 0. The number of hydrogen-bond acceptors (Lipinski definition) is 4. The summed E-state index contributed by atoms with van der Waals surface area (Å²) in [5.74, 6) is -1.75. The summed E-state index contributed by atoms with van der Waals surface area (Å²) in [6.07, 6.45) is 0.788. The van der Waals surface area contributed by atoms with Crippen molar-refractivity contribution in [1.29, 1.82) is 0 Å². The van der Waals surface area contributed by atoms with Crippen LogP contribution in [-0.2, 0) is 26.0 Å². The van der Waals surface area contributed by atoms with Crippen LogP contribution in [0.15, 0.2) is 89.8 Å². The Morgan fingerprint density at radius 1 is 0.917 bits per heavy atom. The molecule has 0 radical (unpaired) electrons. The van der Waals surface area contributed by atoms with Gasteiger partial charge in [0.25, 0.3) is 10.0 Å². The Morgan fingerprint density at radius 2 is 1.50 bits per heavy atom. The van der Waals surface area contributed by atoms with Crippen molar-refractivity contribution in [3.8, 4) is 0 Å². The molecule has 0 heterocycles. The largest absolute Gasteiger partial charge is 0.357 e. The predicted molar refractivity (Wildman–Crippen MR) is 137 cm³/mol. The molecule has 0 spiro atoms. The second-order valence-corrected chi connectivity index (χ2v) is 10.00. The molecule has 0 bridgehead atoms. The summed E-state index contributed by atoms with van der Waals surface area (Å²) < 4.78 is 42.7. The first-order chi connectivity index (χ1) is 17.3. The van der Waals surface area contributed by atoms with Crippen LogP contribution in [0.1, 0.15) is 18.9 Å². The second kappa shape index (κ2) is 12.3. The molecule has 2 amide bonds. The van der Waals surface area contributed by atoms with E-state index in [0.717, 1.165) is 15.9 Å². The Kier molecular flexibility index (Phi) is 9.19. The molecule has 0 fully saturated rings. The third kappa shape index (κ3) is 6.28. The Morgan fingerprint density at radius 3 is 2.08 bits per heavy atom. The summed E-state index contributed by atoms with van der Waals surface area (Å²) in [5.41, 5.74) is 0.718. The highest BCUT2D eigenvalue weighted by atomic mass is 32.2. The summed E-state index contributed by atoms with van der Waals surface area (Å²) in [5, 5.41) is 2.58. The van der Waals surface area contributed by atoms with E-state index >= 15 is 0 Å². The monoisotopic (exact) mass is 511 g/mol. The summed E-state index contributed by atoms with van der Waals surface area (Å²) in [4.78, 5) is 27.6. The number of nitrogens with zero attached hydrogens (tertiary/aromatic N) is 2. The van der Waals surface area contributed by atoms with Crippen LogP contribution in [0.25, 0.3) is 0 Å². The number of anilines is 1. The lowest BCUT2D eigenvalue weighted by atomic mass is 10.1. The van der Waals surface area contributed by atoms with Gasteiger partial charge in [0.05, 0.1) is 10.6 Å². The van der Waals surface area contributed by atoms with Gasteiger partial charge in [-0.1, -0.05) is 67.6 Å². The number of nitrogens with one attached hydrogen (secondary N) is 1. The molecule has 7 nitrogen and oxygen atoms in total. The first-order valence-electron chi connectivity index (χ1n) is 11.7. The van der Waals surface area contributed by atoms with Gasteiger partial charge in [-0.05, 0) is 42.7 Å². The fourth-order valence-corrected chi connectivity index (χ4v) is 5.39. The molecule has 0 saturated heterocycles. The molecule has 0 aliphatic heterocycles. The van der Waals surface area contributed by atoms with E-state index in [1.54, 1.807) is 25.1 Å². The number of carbonyl (C=O) groups is 2. The van der Waals surface area contributed by atoms with Crippen LogP contribution in [0.5, 0.6) is 0 Å². The molecule has 1 unspecified atom stereocenters. The SMILES string of the molecule is CCC(C(=O)NC)N(CCc1ccccc1)C(=O)CN(c1ccccc1F)S(=O)(=O)c1ccccc1. The van der Waals surface area contributed by atoms with Gasteiger partial charge in [0.2, 0.25) is 11.8 Å². The molecule has 1 atom stereocenters. The fraction of sp³-hybridized carbons (Fsp3) is 0.259. The van der Waals surface area contributed by atoms with Crippen LogP contribution in [-0.4, -0.2) is 51.3 Å². The first-order valence-corrected chi connectivity index (χ1v) is 13.1. The molecule has 0 aliphatic carbocycles. The third-order valence-electron chi connectivity index (χ3n) is 5.85. The topological polar surface area (TPSA) is 86.8 Å². The Labute approximate surface area is 211 Å².